The molecule has 0 aliphatic heterocycles. The summed E-state index contributed by atoms with van der Waals surface area (Å²) >= 11 is 9.94. The van der Waals surface area contributed by atoms with Crippen molar-refractivity contribution in [3.05, 3.63) is 28.8 Å². The van der Waals surface area contributed by atoms with Gasteiger partial charge in [-0.15, -0.1) is 0 Å². The maximum atomic E-state index is 5.91. The Morgan fingerprint density at radius 2 is 2.29 bits per heavy atom. The predicted octanol–water partition coefficient (Wildman–Crippen LogP) is 3.26. The van der Waals surface area contributed by atoms with Gasteiger partial charge in [0.1, 0.15) is 0 Å². The Hall–Kier alpha value is -0.870. The fraction of sp³-hybridized carbons (Fsp3) is 0.417. The van der Waals surface area contributed by atoms with Crippen LogP contribution in [-0.4, -0.2) is 25.7 Å². The van der Waals surface area contributed by atoms with E-state index in [0.717, 1.165) is 5.82 Å². The minimum Gasteiger partial charge on any atom is -0.489 e. The Labute approximate surface area is 113 Å². The minimum absolute atomic E-state index is 0.293. The highest BCUT2D eigenvalue weighted by molar-refractivity contribution is 7.83. The molecule has 0 amide bonds. The van der Waals surface area contributed by atoms with E-state index in [2.05, 4.69) is 24.5 Å². The first-order valence-electron chi connectivity index (χ1n) is 5.31. The van der Waals surface area contributed by atoms with Gasteiger partial charge in [-0.05, 0) is 5.41 Å². The number of halogens is 1. The molecular weight excluding hydrogens is 256 g/mol. The Balaban J connectivity index is 2.78. The summed E-state index contributed by atoms with van der Waals surface area (Å²) in [6, 6.07) is 1.78. The zero-order valence-electron chi connectivity index (χ0n) is 10.2. The molecule has 1 rings (SSSR count). The van der Waals surface area contributed by atoms with E-state index < -0.39 is 0 Å². The standard InChI is InChI=1S/C12H17ClN2OS/c1-9(4-5-17)8-16-11-6-10(13)7-14-12(11)15(2)3/h4-7,9,17H,8H2,1-3H3/b5-4-. The first kappa shape index (κ1) is 14.2. The van der Waals surface area contributed by atoms with Crippen LogP contribution in [0, 0.1) is 5.92 Å². The van der Waals surface area contributed by atoms with E-state index in [4.69, 9.17) is 16.3 Å². The van der Waals surface area contributed by atoms with Crippen molar-refractivity contribution < 1.29 is 4.74 Å². The molecule has 94 valence electrons. The summed E-state index contributed by atoms with van der Waals surface area (Å²) in [5.74, 6) is 1.76. The number of anilines is 1. The fourth-order valence-corrected chi connectivity index (χ4v) is 1.72. The second-order valence-electron chi connectivity index (χ2n) is 4.00. The number of hydrogen-bond donors (Lipinski definition) is 1. The maximum Gasteiger partial charge on any atom is 0.170 e. The third kappa shape index (κ3) is 4.48. The summed E-state index contributed by atoms with van der Waals surface area (Å²) in [5, 5.41) is 2.29. The van der Waals surface area contributed by atoms with Crippen LogP contribution in [0.15, 0.2) is 23.7 Å². The van der Waals surface area contributed by atoms with E-state index in [9.17, 15) is 0 Å². The maximum absolute atomic E-state index is 5.91. The van der Waals surface area contributed by atoms with Crippen molar-refractivity contribution in [1.82, 2.24) is 4.98 Å². The summed E-state index contributed by atoms with van der Waals surface area (Å²) in [5.41, 5.74) is 0. The fourth-order valence-electron chi connectivity index (χ4n) is 1.28. The van der Waals surface area contributed by atoms with Crippen LogP contribution in [0.4, 0.5) is 5.82 Å². The second kappa shape index (κ2) is 6.77. The molecule has 1 heterocycles. The van der Waals surface area contributed by atoms with E-state index in [1.165, 1.54) is 0 Å². The lowest BCUT2D eigenvalue weighted by molar-refractivity contribution is 0.285. The van der Waals surface area contributed by atoms with E-state index in [-0.39, 0.29) is 0 Å². The smallest absolute Gasteiger partial charge is 0.170 e. The minimum atomic E-state index is 0.293. The quantitative estimate of drug-likeness (QED) is 0.833. The molecule has 0 aliphatic rings. The molecule has 5 heteroatoms. The molecule has 0 saturated heterocycles. The number of ether oxygens (including phenoxy) is 1. The zero-order chi connectivity index (χ0) is 12.8. The summed E-state index contributed by atoms with van der Waals surface area (Å²) in [4.78, 5) is 6.13. The molecule has 0 aromatic carbocycles. The van der Waals surface area contributed by atoms with Crippen molar-refractivity contribution in [2.24, 2.45) is 5.92 Å². The highest BCUT2D eigenvalue weighted by Crippen LogP contribution is 2.27. The van der Waals surface area contributed by atoms with Gasteiger partial charge in [0, 0.05) is 32.3 Å². The largest absolute Gasteiger partial charge is 0.489 e. The molecule has 0 fully saturated rings. The molecule has 0 aliphatic carbocycles. The van der Waals surface area contributed by atoms with Crippen molar-refractivity contribution in [3.63, 3.8) is 0 Å². The van der Waals surface area contributed by atoms with Crippen LogP contribution in [0.1, 0.15) is 6.92 Å². The van der Waals surface area contributed by atoms with Crippen LogP contribution >= 0.6 is 24.2 Å². The summed E-state index contributed by atoms with van der Waals surface area (Å²) in [6.07, 6.45) is 3.58. The Bertz CT molecular complexity index is 396. The van der Waals surface area contributed by atoms with Gasteiger partial charge < -0.3 is 9.64 Å². The van der Waals surface area contributed by atoms with Crippen LogP contribution in [-0.2, 0) is 0 Å². The number of pyridine rings is 1. The van der Waals surface area contributed by atoms with Gasteiger partial charge >= 0.3 is 0 Å². The predicted molar refractivity (Wildman–Crippen MR) is 76.4 cm³/mol. The summed E-state index contributed by atoms with van der Waals surface area (Å²) in [6.45, 7) is 2.62. The van der Waals surface area contributed by atoms with Crippen molar-refractivity contribution in [3.8, 4) is 5.75 Å². The van der Waals surface area contributed by atoms with Crippen LogP contribution in [0.3, 0.4) is 0 Å². The van der Waals surface area contributed by atoms with E-state index in [0.29, 0.717) is 23.3 Å². The molecule has 1 atom stereocenters. The molecule has 1 unspecified atom stereocenters. The lowest BCUT2D eigenvalue weighted by atomic mass is 10.2. The second-order valence-corrected chi connectivity index (χ2v) is 4.73. The van der Waals surface area contributed by atoms with Crippen molar-refractivity contribution >= 4 is 30.0 Å². The number of rotatable bonds is 5. The molecule has 0 saturated carbocycles. The van der Waals surface area contributed by atoms with Gasteiger partial charge in [0.25, 0.3) is 0 Å². The third-order valence-electron chi connectivity index (χ3n) is 2.14. The molecule has 1 aromatic heterocycles. The highest BCUT2D eigenvalue weighted by atomic mass is 35.5. The van der Waals surface area contributed by atoms with Crippen LogP contribution in [0.5, 0.6) is 5.75 Å². The van der Waals surface area contributed by atoms with Gasteiger partial charge in [0.15, 0.2) is 11.6 Å². The van der Waals surface area contributed by atoms with E-state index >= 15 is 0 Å². The molecule has 0 N–H and O–H groups in total. The highest BCUT2D eigenvalue weighted by Gasteiger charge is 2.09. The van der Waals surface area contributed by atoms with Gasteiger partial charge in [0.05, 0.1) is 11.6 Å². The van der Waals surface area contributed by atoms with E-state index in [1.807, 2.05) is 25.1 Å². The van der Waals surface area contributed by atoms with Crippen molar-refractivity contribution in [1.29, 1.82) is 0 Å². The van der Waals surface area contributed by atoms with Gasteiger partial charge in [0.2, 0.25) is 0 Å². The molecular formula is C12H17ClN2OS. The first-order valence-corrected chi connectivity index (χ1v) is 6.20. The molecule has 1 aromatic rings. The average Bonchev–Trinajstić information content (AvgIpc) is 2.26. The van der Waals surface area contributed by atoms with Gasteiger partial charge in [-0.1, -0.05) is 24.6 Å². The number of aromatic nitrogens is 1. The van der Waals surface area contributed by atoms with Gasteiger partial charge in [-0.25, -0.2) is 4.98 Å². The molecule has 17 heavy (non-hydrogen) atoms. The number of thiol groups is 1. The Morgan fingerprint density at radius 3 is 2.88 bits per heavy atom. The summed E-state index contributed by atoms with van der Waals surface area (Å²) < 4.78 is 5.72. The monoisotopic (exact) mass is 272 g/mol. The lowest BCUT2D eigenvalue weighted by Crippen LogP contribution is -2.14. The van der Waals surface area contributed by atoms with Crippen LogP contribution < -0.4 is 9.64 Å². The lowest BCUT2D eigenvalue weighted by Gasteiger charge is -2.17. The topological polar surface area (TPSA) is 25.4 Å². The number of nitrogens with zero attached hydrogens (tertiary/aromatic N) is 2. The van der Waals surface area contributed by atoms with Gasteiger partial charge in [-0.2, -0.15) is 12.6 Å². The normalized spacial score (nSPS) is 12.8. The molecule has 0 spiro atoms. The Morgan fingerprint density at radius 1 is 1.59 bits per heavy atom. The first-order chi connectivity index (χ1) is 8.04. The van der Waals surface area contributed by atoms with E-state index in [1.54, 1.807) is 17.7 Å². The zero-order valence-corrected chi connectivity index (χ0v) is 11.9. The van der Waals surface area contributed by atoms with Crippen molar-refractivity contribution in [2.45, 2.75) is 6.92 Å². The Kier molecular flexibility index (Phi) is 5.65. The van der Waals surface area contributed by atoms with Crippen LogP contribution in [0.2, 0.25) is 5.02 Å². The molecule has 0 bridgehead atoms. The van der Waals surface area contributed by atoms with Crippen molar-refractivity contribution in [2.75, 3.05) is 25.6 Å². The molecule has 3 nitrogen and oxygen atoms in total. The SMILES string of the molecule is CC(/C=C\S)COc1cc(Cl)cnc1N(C)C. The average molecular weight is 273 g/mol. The van der Waals surface area contributed by atoms with Gasteiger partial charge in [-0.3, -0.25) is 0 Å². The number of hydrogen-bond acceptors (Lipinski definition) is 4. The molecule has 0 radical (unpaired) electrons. The van der Waals surface area contributed by atoms with Crippen LogP contribution in [0.25, 0.3) is 0 Å². The summed E-state index contributed by atoms with van der Waals surface area (Å²) in [7, 11) is 3.83. The third-order valence-corrected chi connectivity index (χ3v) is 2.52.